The molecule has 0 saturated heterocycles. The lowest BCUT2D eigenvalue weighted by molar-refractivity contribution is 0.0473. The number of amides is 1. The van der Waals surface area contributed by atoms with Crippen molar-refractivity contribution in [3.63, 3.8) is 0 Å². The minimum absolute atomic E-state index is 0.0602. The molecule has 130 valence electrons. The Morgan fingerprint density at radius 2 is 1.79 bits per heavy atom. The number of nitrogens with one attached hydrogen (secondary N) is 2. The third kappa shape index (κ3) is 2.84. The van der Waals surface area contributed by atoms with Gasteiger partial charge >= 0.3 is 0 Å². The summed E-state index contributed by atoms with van der Waals surface area (Å²) in [6, 6.07) is 2.82. The highest BCUT2D eigenvalue weighted by Crippen LogP contribution is 2.53. The Labute approximate surface area is 150 Å². The van der Waals surface area contributed by atoms with Crippen LogP contribution in [-0.2, 0) is 4.74 Å². The zero-order chi connectivity index (χ0) is 17.5. The van der Waals surface area contributed by atoms with E-state index in [-0.39, 0.29) is 33.2 Å². The van der Waals surface area contributed by atoms with Crippen molar-refractivity contribution in [1.29, 1.82) is 5.41 Å². The monoisotopic (exact) mass is 370 g/mol. The van der Waals surface area contributed by atoms with E-state index in [9.17, 15) is 9.90 Å². The molecule has 1 aromatic carbocycles. The van der Waals surface area contributed by atoms with Crippen molar-refractivity contribution >= 4 is 35.0 Å². The summed E-state index contributed by atoms with van der Waals surface area (Å²) in [4.78, 5) is 12.6. The van der Waals surface area contributed by atoms with Gasteiger partial charge in [-0.1, -0.05) is 23.2 Å². The molecule has 3 aliphatic rings. The smallest absolute Gasteiger partial charge is 0.255 e. The Hall–Kier alpha value is -1.46. The van der Waals surface area contributed by atoms with Crippen LogP contribution in [-0.4, -0.2) is 29.6 Å². The van der Waals surface area contributed by atoms with Gasteiger partial charge in [0, 0.05) is 16.0 Å². The number of fused-ring (bicyclic) bond motifs is 3. The van der Waals surface area contributed by atoms with E-state index in [1.54, 1.807) is 7.11 Å². The van der Waals surface area contributed by atoms with Gasteiger partial charge in [0.2, 0.25) is 0 Å². The number of methoxy groups -OCH3 is 1. The second-order valence-electron chi connectivity index (χ2n) is 6.83. The summed E-state index contributed by atoms with van der Waals surface area (Å²) in [6.07, 6.45) is 4.84. The lowest BCUT2D eigenvalue weighted by atomic mass is 9.57. The van der Waals surface area contributed by atoms with Crippen LogP contribution in [0.15, 0.2) is 12.1 Å². The van der Waals surface area contributed by atoms with Crippen molar-refractivity contribution in [3.05, 3.63) is 27.7 Å². The molecule has 5 nitrogen and oxygen atoms in total. The Balaban J connectivity index is 1.77. The molecule has 0 aromatic heterocycles. The molecule has 3 fully saturated rings. The number of carbonyl (C=O) groups is 1. The van der Waals surface area contributed by atoms with Crippen molar-refractivity contribution in [2.24, 2.45) is 5.41 Å². The molecule has 3 N–H and O–H groups in total. The van der Waals surface area contributed by atoms with Gasteiger partial charge in [-0.05, 0) is 50.7 Å². The zero-order valence-electron chi connectivity index (χ0n) is 13.4. The number of hydrogen-bond acceptors (Lipinski definition) is 4. The normalized spacial score (nSPS) is 28.5. The maximum atomic E-state index is 12.6. The van der Waals surface area contributed by atoms with Gasteiger partial charge in [0.25, 0.3) is 5.91 Å². The molecular weight excluding hydrogens is 351 g/mol. The van der Waals surface area contributed by atoms with Gasteiger partial charge in [-0.15, -0.1) is 0 Å². The first kappa shape index (κ1) is 17.4. The Morgan fingerprint density at radius 3 is 2.33 bits per heavy atom. The fourth-order valence-electron chi connectivity index (χ4n) is 3.98. The van der Waals surface area contributed by atoms with Crippen LogP contribution in [0.3, 0.4) is 0 Å². The molecule has 24 heavy (non-hydrogen) atoms. The second kappa shape index (κ2) is 6.12. The number of halogens is 2. The molecule has 1 aromatic rings. The van der Waals surface area contributed by atoms with Crippen LogP contribution in [0.25, 0.3) is 0 Å². The SMILES string of the molecule is COC(=N)C12CCC(NC(=O)c3cc(Cl)cc(Cl)c3O)(CC1)CC2. The Kier molecular flexibility index (Phi) is 4.43. The van der Waals surface area contributed by atoms with Gasteiger partial charge in [-0.25, -0.2) is 0 Å². The van der Waals surface area contributed by atoms with Crippen LogP contribution in [0.5, 0.6) is 5.75 Å². The summed E-state index contributed by atoms with van der Waals surface area (Å²) in [5.74, 6) is -0.272. The van der Waals surface area contributed by atoms with Crippen molar-refractivity contribution in [3.8, 4) is 5.75 Å². The highest BCUT2D eigenvalue weighted by Gasteiger charge is 2.52. The number of phenols is 1. The van der Waals surface area contributed by atoms with Crippen LogP contribution >= 0.6 is 23.2 Å². The van der Waals surface area contributed by atoms with Gasteiger partial charge in [-0.2, -0.15) is 0 Å². The summed E-state index contributed by atoms with van der Waals surface area (Å²) in [7, 11) is 1.54. The fraction of sp³-hybridized carbons (Fsp3) is 0.529. The molecule has 0 heterocycles. The Bertz CT molecular complexity index is 681. The number of aromatic hydroxyl groups is 1. The molecule has 0 atom stereocenters. The molecule has 1 amide bonds. The van der Waals surface area contributed by atoms with Crippen molar-refractivity contribution in [1.82, 2.24) is 5.32 Å². The molecule has 0 spiro atoms. The van der Waals surface area contributed by atoms with E-state index >= 15 is 0 Å². The lowest BCUT2D eigenvalue weighted by Gasteiger charge is -2.53. The third-order valence-electron chi connectivity index (χ3n) is 5.58. The standard InChI is InChI=1S/C17H20Cl2N2O3/c1-24-15(20)16-2-5-17(6-3-16,7-4-16)21-14(23)11-8-10(18)9-12(19)13(11)22/h8-9,20,22H,2-7H2,1H3,(H,21,23). The quantitative estimate of drug-likeness (QED) is 0.552. The van der Waals surface area contributed by atoms with Crippen molar-refractivity contribution in [2.75, 3.05) is 7.11 Å². The largest absolute Gasteiger partial charge is 0.506 e. The molecule has 4 rings (SSSR count). The van der Waals surface area contributed by atoms with Crippen LogP contribution < -0.4 is 5.32 Å². The lowest BCUT2D eigenvalue weighted by Crippen LogP contribution is -2.58. The van der Waals surface area contributed by atoms with Crippen molar-refractivity contribution < 1.29 is 14.6 Å². The zero-order valence-corrected chi connectivity index (χ0v) is 14.9. The maximum absolute atomic E-state index is 12.6. The number of hydrogen-bond donors (Lipinski definition) is 3. The van der Waals surface area contributed by atoms with E-state index in [4.69, 9.17) is 33.3 Å². The van der Waals surface area contributed by atoms with Crippen LogP contribution in [0.2, 0.25) is 10.0 Å². The predicted molar refractivity (Wildman–Crippen MR) is 93.2 cm³/mol. The molecule has 0 aliphatic heterocycles. The van der Waals surface area contributed by atoms with Gasteiger partial charge in [0.05, 0.1) is 17.7 Å². The van der Waals surface area contributed by atoms with E-state index in [0.29, 0.717) is 10.9 Å². The number of phenolic OH excluding ortho intramolecular Hbond substituents is 1. The summed E-state index contributed by atoms with van der Waals surface area (Å²) >= 11 is 11.8. The average Bonchev–Trinajstić information content (AvgIpc) is 2.58. The summed E-state index contributed by atoms with van der Waals surface area (Å²) in [5, 5.41) is 21.5. The number of ether oxygens (including phenoxy) is 1. The fourth-order valence-corrected chi connectivity index (χ4v) is 4.47. The number of benzene rings is 1. The number of rotatable bonds is 3. The van der Waals surface area contributed by atoms with Gasteiger partial charge in [0.15, 0.2) is 5.90 Å². The molecule has 2 bridgehead atoms. The summed E-state index contributed by atoms with van der Waals surface area (Å²) in [6.45, 7) is 0. The van der Waals surface area contributed by atoms with E-state index in [0.717, 1.165) is 38.5 Å². The minimum atomic E-state index is -0.367. The van der Waals surface area contributed by atoms with Crippen LogP contribution in [0.1, 0.15) is 48.9 Å². The van der Waals surface area contributed by atoms with Crippen LogP contribution in [0.4, 0.5) is 0 Å². The molecule has 7 heteroatoms. The van der Waals surface area contributed by atoms with Gasteiger partial charge in [0.1, 0.15) is 5.75 Å². The van der Waals surface area contributed by atoms with Crippen LogP contribution in [0, 0.1) is 10.8 Å². The van der Waals surface area contributed by atoms with Crippen molar-refractivity contribution in [2.45, 2.75) is 44.1 Å². The summed E-state index contributed by atoms with van der Waals surface area (Å²) in [5.41, 5.74) is -0.384. The van der Waals surface area contributed by atoms with E-state index < -0.39 is 0 Å². The Morgan fingerprint density at radius 1 is 1.21 bits per heavy atom. The first-order valence-electron chi connectivity index (χ1n) is 7.94. The first-order valence-corrected chi connectivity index (χ1v) is 8.70. The van der Waals surface area contributed by atoms with E-state index in [1.165, 1.54) is 12.1 Å². The molecule has 0 radical (unpaired) electrons. The third-order valence-corrected chi connectivity index (χ3v) is 6.09. The maximum Gasteiger partial charge on any atom is 0.255 e. The second-order valence-corrected chi connectivity index (χ2v) is 7.68. The molecular formula is C17H20Cl2N2O3. The predicted octanol–water partition coefficient (Wildman–Crippen LogP) is 4.15. The number of carbonyl (C=O) groups excluding carboxylic acids is 1. The molecule has 0 unspecified atom stereocenters. The van der Waals surface area contributed by atoms with E-state index in [2.05, 4.69) is 5.32 Å². The molecule has 3 aliphatic carbocycles. The minimum Gasteiger partial charge on any atom is -0.506 e. The highest BCUT2D eigenvalue weighted by molar-refractivity contribution is 6.36. The highest BCUT2D eigenvalue weighted by atomic mass is 35.5. The van der Waals surface area contributed by atoms with Gasteiger partial charge in [-0.3, -0.25) is 10.2 Å². The van der Waals surface area contributed by atoms with Gasteiger partial charge < -0.3 is 15.2 Å². The molecule has 3 saturated carbocycles. The topological polar surface area (TPSA) is 82.4 Å². The average molecular weight is 371 g/mol. The first-order chi connectivity index (χ1) is 11.3. The van der Waals surface area contributed by atoms with E-state index in [1.807, 2.05) is 0 Å². The summed E-state index contributed by atoms with van der Waals surface area (Å²) < 4.78 is 5.17.